The van der Waals surface area contributed by atoms with Crippen molar-refractivity contribution in [2.24, 2.45) is 5.41 Å². The van der Waals surface area contributed by atoms with Gasteiger partial charge in [-0.1, -0.05) is 33.3 Å². The number of ketones is 1. The van der Waals surface area contributed by atoms with E-state index in [1.807, 2.05) is 13.0 Å². The van der Waals surface area contributed by atoms with E-state index in [0.29, 0.717) is 13.0 Å². The zero-order chi connectivity index (χ0) is 13.3. The zero-order valence-electron chi connectivity index (χ0n) is 11.9. The number of allylic oxidation sites excluding steroid dienone is 1. The largest absolute Gasteiger partial charge is 0.370 e. The lowest BCUT2D eigenvalue weighted by atomic mass is 9.85. The molecule has 0 heterocycles. The smallest absolute Gasteiger partial charge is 0.162 e. The molecule has 0 aromatic heterocycles. The Morgan fingerprint density at radius 2 is 1.94 bits per heavy atom. The quantitative estimate of drug-likeness (QED) is 0.447. The monoisotopic (exact) mass is 240 g/mol. The minimum atomic E-state index is -0.257. The summed E-state index contributed by atoms with van der Waals surface area (Å²) in [5, 5.41) is 0. The molecule has 0 aromatic rings. The van der Waals surface area contributed by atoms with Crippen LogP contribution in [0.4, 0.5) is 0 Å². The summed E-state index contributed by atoms with van der Waals surface area (Å²) >= 11 is 0. The van der Waals surface area contributed by atoms with Crippen molar-refractivity contribution in [3.05, 3.63) is 12.7 Å². The standard InChI is InChI=1S/C15H28O2/c1-6-8-9-10-11-12-13(16)14(17-7-2)15(3,4)5/h6,14H,1,7-12H2,2-5H3. The highest BCUT2D eigenvalue weighted by Gasteiger charge is 2.30. The molecule has 17 heavy (non-hydrogen) atoms. The zero-order valence-corrected chi connectivity index (χ0v) is 11.9. The highest BCUT2D eigenvalue weighted by molar-refractivity contribution is 5.83. The van der Waals surface area contributed by atoms with Gasteiger partial charge in [0.15, 0.2) is 5.78 Å². The Kier molecular flexibility index (Phi) is 8.15. The minimum Gasteiger partial charge on any atom is -0.370 e. The van der Waals surface area contributed by atoms with Crippen LogP contribution in [0, 0.1) is 5.41 Å². The van der Waals surface area contributed by atoms with Gasteiger partial charge in [0.05, 0.1) is 0 Å². The molecule has 0 spiro atoms. The van der Waals surface area contributed by atoms with Gasteiger partial charge in [0.1, 0.15) is 6.10 Å². The van der Waals surface area contributed by atoms with Gasteiger partial charge in [0, 0.05) is 13.0 Å². The molecule has 0 aliphatic heterocycles. The summed E-state index contributed by atoms with van der Waals surface area (Å²) in [6.07, 6.45) is 6.55. The van der Waals surface area contributed by atoms with Crippen LogP contribution in [0.3, 0.4) is 0 Å². The first kappa shape index (κ1) is 16.4. The summed E-state index contributed by atoms with van der Waals surface area (Å²) in [6, 6.07) is 0. The van der Waals surface area contributed by atoms with Gasteiger partial charge in [-0.25, -0.2) is 0 Å². The summed E-state index contributed by atoms with van der Waals surface area (Å²) in [5.74, 6) is 0.248. The van der Waals surface area contributed by atoms with Gasteiger partial charge >= 0.3 is 0 Å². The van der Waals surface area contributed by atoms with Crippen LogP contribution in [0.15, 0.2) is 12.7 Å². The maximum atomic E-state index is 12.1. The summed E-state index contributed by atoms with van der Waals surface area (Å²) in [4.78, 5) is 12.1. The number of unbranched alkanes of at least 4 members (excludes halogenated alkanes) is 3. The molecule has 0 bridgehead atoms. The van der Waals surface area contributed by atoms with E-state index in [-0.39, 0.29) is 17.3 Å². The van der Waals surface area contributed by atoms with Crippen LogP contribution < -0.4 is 0 Å². The molecule has 2 nitrogen and oxygen atoms in total. The molecule has 0 radical (unpaired) electrons. The van der Waals surface area contributed by atoms with E-state index in [1.165, 1.54) is 0 Å². The first-order valence-electron chi connectivity index (χ1n) is 6.68. The molecule has 0 aliphatic rings. The van der Waals surface area contributed by atoms with Crippen LogP contribution in [-0.4, -0.2) is 18.5 Å². The Morgan fingerprint density at radius 1 is 1.29 bits per heavy atom. The molecular weight excluding hydrogens is 212 g/mol. The maximum absolute atomic E-state index is 12.1. The molecule has 1 unspecified atom stereocenters. The highest BCUT2D eigenvalue weighted by atomic mass is 16.5. The number of carbonyl (C=O) groups is 1. The van der Waals surface area contributed by atoms with Gasteiger partial charge in [0.25, 0.3) is 0 Å². The molecule has 0 saturated heterocycles. The Labute approximate surface area is 106 Å². The van der Waals surface area contributed by atoms with Crippen molar-refractivity contribution in [3.63, 3.8) is 0 Å². The van der Waals surface area contributed by atoms with Crippen molar-refractivity contribution in [3.8, 4) is 0 Å². The number of hydrogen-bond donors (Lipinski definition) is 0. The molecular formula is C15H28O2. The fraction of sp³-hybridized carbons (Fsp3) is 0.800. The molecule has 0 aromatic carbocycles. The van der Waals surface area contributed by atoms with Gasteiger partial charge in [-0.15, -0.1) is 6.58 Å². The number of carbonyl (C=O) groups excluding carboxylic acids is 1. The topological polar surface area (TPSA) is 26.3 Å². The van der Waals surface area contributed by atoms with Crippen molar-refractivity contribution >= 4 is 5.78 Å². The third-order valence-corrected chi connectivity index (χ3v) is 2.74. The minimum absolute atomic E-state index is 0.103. The fourth-order valence-corrected chi connectivity index (χ4v) is 1.89. The van der Waals surface area contributed by atoms with E-state index in [2.05, 4.69) is 27.4 Å². The van der Waals surface area contributed by atoms with Crippen molar-refractivity contribution in [1.82, 2.24) is 0 Å². The van der Waals surface area contributed by atoms with E-state index < -0.39 is 0 Å². The Bertz CT molecular complexity index is 226. The molecule has 2 heteroatoms. The Balaban J connectivity index is 4.02. The third kappa shape index (κ3) is 7.32. The van der Waals surface area contributed by atoms with E-state index in [9.17, 15) is 4.79 Å². The first-order chi connectivity index (χ1) is 7.93. The SMILES string of the molecule is C=CCCCCCC(=O)C(OCC)C(C)(C)C. The van der Waals surface area contributed by atoms with Crippen LogP contribution in [0.1, 0.15) is 59.8 Å². The molecule has 0 amide bonds. The maximum Gasteiger partial charge on any atom is 0.162 e. The molecule has 0 fully saturated rings. The van der Waals surface area contributed by atoms with E-state index in [1.54, 1.807) is 0 Å². The van der Waals surface area contributed by atoms with Gasteiger partial charge in [-0.05, 0) is 31.6 Å². The van der Waals surface area contributed by atoms with Gasteiger partial charge in [-0.2, -0.15) is 0 Å². The second-order valence-electron chi connectivity index (χ2n) is 5.56. The van der Waals surface area contributed by atoms with Crippen molar-refractivity contribution in [2.45, 2.75) is 65.9 Å². The Morgan fingerprint density at radius 3 is 2.41 bits per heavy atom. The van der Waals surface area contributed by atoms with Crippen LogP contribution >= 0.6 is 0 Å². The fourth-order valence-electron chi connectivity index (χ4n) is 1.89. The molecule has 0 rings (SSSR count). The molecule has 0 saturated carbocycles. The first-order valence-corrected chi connectivity index (χ1v) is 6.68. The number of rotatable bonds is 9. The van der Waals surface area contributed by atoms with Gasteiger partial charge in [0.2, 0.25) is 0 Å². The summed E-state index contributed by atoms with van der Waals surface area (Å²) in [6.45, 7) is 12.4. The molecule has 0 N–H and O–H groups in total. The van der Waals surface area contributed by atoms with E-state index in [4.69, 9.17) is 4.74 Å². The lowest BCUT2D eigenvalue weighted by molar-refractivity contribution is -0.137. The second-order valence-corrected chi connectivity index (χ2v) is 5.56. The average Bonchev–Trinajstić information content (AvgIpc) is 2.23. The van der Waals surface area contributed by atoms with E-state index in [0.717, 1.165) is 25.7 Å². The highest BCUT2D eigenvalue weighted by Crippen LogP contribution is 2.24. The lowest BCUT2D eigenvalue weighted by Crippen LogP contribution is -2.37. The molecule has 1 atom stereocenters. The predicted molar refractivity (Wildman–Crippen MR) is 73.2 cm³/mol. The van der Waals surface area contributed by atoms with Crippen molar-refractivity contribution in [2.75, 3.05) is 6.61 Å². The van der Waals surface area contributed by atoms with Gasteiger partial charge < -0.3 is 4.74 Å². The van der Waals surface area contributed by atoms with Crippen LogP contribution in [0.2, 0.25) is 0 Å². The summed E-state index contributed by atoms with van der Waals surface area (Å²) < 4.78 is 5.58. The lowest BCUT2D eigenvalue weighted by Gasteiger charge is -2.29. The third-order valence-electron chi connectivity index (χ3n) is 2.74. The summed E-state index contributed by atoms with van der Waals surface area (Å²) in [7, 11) is 0. The normalized spacial score (nSPS) is 13.4. The second kappa shape index (κ2) is 8.46. The molecule has 0 aliphatic carbocycles. The van der Waals surface area contributed by atoms with E-state index >= 15 is 0 Å². The van der Waals surface area contributed by atoms with Crippen LogP contribution in [0.5, 0.6) is 0 Å². The summed E-state index contributed by atoms with van der Waals surface area (Å²) in [5.41, 5.74) is -0.103. The van der Waals surface area contributed by atoms with Crippen molar-refractivity contribution in [1.29, 1.82) is 0 Å². The predicted octanol–water partition coefficient (Wildman–Crippen LogP) is 4.14. The van der Waals surface area contributed by atoms with Crippen LogP contribution in [0.25, 0.3) is 0 Å². The van der Waals surface area contributed by atoms with Crippen molar-refractivity contribution < 1.29 is 9.53 Å². The number of Topliss-reactive ketones (excluding diaryl/α,β-unsaturated/α-hetero) is 1. The van der Waals surface area contributed by atoms with Crippen LogP contribution in [-0.2, 0) is 9.53 Å². The Hall–Kier alpha value is -0.630. The molecule has 100 valence electrons. The van der Waals surface area contributed by atoms with Gasteiger partial charge in [-0.3, -0.25) is 4.79 Å². The number of hydrogen-bond acceptors (Lipinski definition) is 2. The average molecular weight is 240 g/mol. The number of ether oxygens (including phenoxy) is 1.